The number of nitriles is 1. The van der Waals surface area contributed by atoms with Gasteiger partial charge < -0.3 is 0 Å². The molecule has 0 radical (unpaired) electrons. The smallest absolute Gasteiger partial charge is 0.206 e. The zero-order valence-corrected chi connectivity index (χ0v) is 10.5. The molecule has 4 nitrogen and oxygen atoms in total. The average molecular weight is 256 g/mol. The average Bonchev–Trinajstić information content (AvgIpc) is 2.62. The van der Waals surface area contributed by atoms with Gasteiger partial charge in [-0.15, -0.1) is 11.3 Å². The zero-order valence-electron chi connectivity index (χ0n) is 8.88. The van der Waals surface area contributed by atoms with Crippen molar-refractivity contribution in [2.24, 2.45) is 0 Å². The van der Waals surface area contributed by atoms with Crippen molar-refractivity contribution in [3.63, 3.8) is 0 Å². The quantitative estimate of drug-likeness (QED) is 0.828. The van der Waals surface area contributed by atoms with Crippen LogP contribution >= 0.6 is 11.3 Å². The summed E-state index contributed by atoms with van der Waals surface area (Å²) < 4.78 is 26.0. The number of nitrogens with zero attached hydrogens (tertiary/aromatic N) is 2. The molecule has 0 N–H and O–H groups in total. The van der Waals surface area contributed by atoms with E-state index in [1.165, 1.54) is 4.31 Å². The maximum atomic E-state index is 12.2. The lowest BCUT2D eigenvalue weighted by molar-refractivity contribution is 0.250. The Kier molecular flexibility index (Phi) is 3.02. The van der Waals surface area contributed by atoms with E-state index in [-0.39, 0.29) is 15.8 Å². The second-order valence-electron chi connectivity index (χ2n) is 3.84. The van der Waals surface area contributed by atoms with Gasteiger partial charge >= 0.3 is 0 Å². The van der Waals surface area contributed by atoms with E-state index in [9.17, 15) is 8.42 Å². The third-order valence-corrected chi connectivity index (χ3v) is 6.32. The molecule has 1 fully saturated rings. The fraction of sp³-hybridized carbons (Fsp3) is 0.500. The number of hydrogen-bond donors (Lipinski definition) is 0. The first kappa shape index (κ1) is 11.6. The van der Waals surface area contributed by atoms with E-state index in [2.05, 4.69) is 0 Å². The highest BCUT2D eigenvalue weighted by atomic mass is 32.2. The molecular weight excluding hydrogens is 244 g/mol. The molecule has 0 unspecified atom stereocenters. The Morgan fingerprint density at radius 1 is 1.56 bits per heavy atom. The van der Waals surface area contributed by atoms with Crippen LogP contribution in [0.2, 0.25) is 0 Å². The molecule has 1 aliphatic carbocycles. The van der Waals surface area contributed by atoms with E-state index in [4.69, 9.17) is 5.26 Å². The van der Waals surface area contributed by atoms with Crippen LogP contribution in [-0.2, 0) is 10.0 Å². The molecule has 0 amide bonds. The molecule has 1 aliphatic rings. The first-order valence-electron chi connectivity index (χ1n) is 5.03. The summed E-state index contributed by atoms with van der Waals surface area (Å²) in [6.07, 6.45) is 2.92. The Morgan fingerprint density at radius 3 is 2.75 bits per heavy atom. The molecule has 16 heavy (non-hydrogen) atoms. The molecule has 1 saturated carbocycles. The van der Waals surface area contributed by atoms with Crippen LogP contribution in [0.25, 0.3) is 0 Å². The van der Waals surface area contributed by atoms with Gasteiger partial charge in [-0.05, 0) is 24.3 Å². The number of hydrogen-bond acceptors (Lipinski definition) is 4. The van der Waals surface area contributed by atoms with Crippen LogP contribution in [0.15, 0.2) is 15.7 Å². The van der Waals surface area contributed by atoms with Gasteiger partial charge in [-0.2, -0.15) is 9.57 Å². The highest BCUT2D eigenvalue weighted by molar-refractivity contribution is 7.91. The highest BCUT2D eigenvalue weighted by Crippen LogP contribution is 2.31. The van der Waals surface area contributed by atoms with Crippen molar-refractivity contribution in [1.29, 1.82) is 5.26 Å². The molecule has 1 aromatic heterocycles. The predicted octanol–water partition coefficient (Wildman–Crippen LogP) is 1.79. The molecule has 0 saturated heterocycles. The Labute approximate surface area is 99.2 Å². The fourth-order valence-electron chi connectivity index (χ4n) is 1.66. The summed E-state index contributed by atoms with van der Waals surface area (Å²) in [4.78, 5) is 0. The van der Waals surface area contributed by atoms with Crippen LogP contribution in [0.5, 0.6) is 0 Å². The van der Waals surface area contributed by atoms with Crippen molar-refractivity contribution < 1.29 is 8.42 Å². The maximum Gasteiger partial charge on any atom is 0.253 e. The first-order valence-corrected chi connectivity index (χ1v) is 7.35. The van der Waals surface area contributed by atoms with Gasteiger partial charge in [-0.3, -0.25) is 0 Å². The highest BCUT2D eigenvalue weighted by Gasteiger charge is 2.33. The van der Waals surface area contributed by atoms with Crippen molar-refractivity contribution in [1.82, 2.24) is 4.31 Å². The summed E-state index contributed by atoms with van der Waals surface area (Å²) in [5.41, 5.74) is 0.246. The van der Waals surface area contributed by atoms with E-state index in [1.54, 1.807) is 18.5 Å². The molecule has 6 heteroatoms. The topological polar surface area (TPSA) is 61.2 Å². The molecule has 2 rings (SSSR count). The van der Waals surface area contributed by atoms with Crippen molar-refractivity contribution in [3.05, 3.63) is 17.0 Å². The Morgan fingerprint density at radius 2 is 2.25 bits per heavy atom. The molecule has 1 heterocycles. The van der Waals surface area contributed by atoms with Crippen LogP contribution in [0, 0.1) is 11.3 Å². The molecule has 0 aliphatic heterocycles. The van der Waals surface area contributed by atoms with Gasteiger partial charge in [0, 0.05) is 13.1 Å². The van der Waals surface area contributed by atoms with E-state index in [1.807, 2.05) is 6.07 Å². The lowest BCUT2D eigenvalue weighted by Gasteiger charge is -2.33. The van der Waals surface area contributed by atoms with Crippen molar-refractivity contribution in [2.45, 2.75) is 29.5 Å². The second-order valence-corrected chi connectivity index (χ2v) is 6.95. The largest absolute Gasteiger partial charge is 0.253 e. The molecule has 0 atom stereocenters. The Balaban J connectivity index is 2.35. The van der Waals surface area contributed by atoms with Gasteiger partial charge in [0.05, 0.1) is 5.56 Å². The summed E-state index contributed by atoms with van der Waals surface area (Å²) in [6.45, 7) is 0. The van der Waals surface area contributed by atoms with Crippen molar-refractivity contribution in [2.75, 3.05) is 7.05 Å². The number of thiophene rings is 1. The predicted molar refractivity (Wildman–Crippen MR) is 61.6 cm³/mol. The normalized spacial score (nSPS) is 17.1. The third-order valence-electron chi connectivity index (χ3n) is 2.95. The van der Waals surface area contributed by atoms with E-state index < -0.39 is 10.0 Å². The van der Waals surface area contributed by atoms with E-state index >= 15 is 0 Å². The summed E-state index contributed by atoms with van der Waals surface area (Å²) >= 11 is 1.11. The lowest BCUT2D eigenvalue weighted by Crippen LogP contribution is -2.41. The molecule has 1 aromatic rings. The molecular formula is C10H12N2O2S2. The van der Waals surface area contributed by atoms with Crippen LogP contribution < -0.4 is 0 Å². The number of rotatable bonds is 3. The van der Waals surface area contributed by atoms with Crippen molar-refractivity contribution in [3.8, 4) is 6.07 Å². The summed E-state index contributed by atoms with van der Waals surface area (Å²) in [5, 5.41) is 10.5. The van der Waals surface area contributed by atoms with Gasteiger partial charge in [0.1, 0.15) is 6.07 Å². The second kappa shape index (κ2) is 4.17. The summed E-state index contributed by atoms with van der Waals surface area (Å²) in [7, 11) is -1.87. The van der Waals surface area contributed by atoms with Gasteiger partial charge in [-0.25, -0.2) is 8.42 Å². The molecule has 0 aromatic carbocycles. The third kappa shape index (κ3) is 1.75. The van der Waals surface area contributed by atoms with Gasteiger partial charge in [0.25, 0.3) is 10.0 Å². The van der Waals surface area contributed by atoms with Gasteiger partial charge in [-0.1, -0.05) is 6.42 Å². The van der Waals surface area contributed by atoms with E-state index in [0.29, 0.717) is 0 Å². The van der Waals surface area contributed by atoms with Gasteiger partial charge in [0.15, 0.2) is 4.21 Å². The monoisotopic (exact) mass is 256 g/mol. The van der Waals surface area contributed by atoms with Crippen LogP contribution in [-0.4, -0.2) is 25.8 Å². The molecule has 86 valence electrons. The zero-order chi connectivity index (χ0) is 11.8. The minimum absolute atomic E-state index is 0.110. The summed E-state index contributed by atoms with van der Waals surface area (Å²) in [5.74, 6) is 0. The van der Waals surface area contributed by atoms with Gasteiger partial charge in [0.2, 0.25) is 0 Å². The fourth-order valence-corrected chi connectivity index (χ4v) is 4.49. The standard InChI is InChI=1S/C10H12N2O2S2/c1-12(9-3-2-4-9)16(13,14)10-8(7-11)5-6-15-10/h5-6,9H,2-4H2,1H3. The minimum Gasteiger partial charge on any atom is -0.206 e. The minimum atomic E-state index is -3.47. The Bertz CT molecular complexity index is 523. The number of sulfonamides is 1. The lowest BCUT2D eigenvalue weighted by atomic mass is 9.94. The van der Waals surface area contributed by atoms with Crippen LogP contribution in [0.1, 0.15) is 24.8 Å². The molecule has 0 bridgehead atoms. The first-order chi connectivity index (χ1) is 7.57. The van der Waals surface area contributed by atoms with Crippen LogP contribution in [0.4, 0.5) is 0 Å². The SMILES string of the molecule is CN(C1CCC1)S(=O)(=O)c1sccc1C#N. The Hall–Kier alpha value is -0.900. The van der Waals surface area contributed by atoms with Crippen LogP contribution in [0.3, 0.4) is 0 Å². The maximum absolute atomic E-state index is 12.2. The molecule has 0 spiro atoms. The van der Waals surface area contributed by atoms with Crippen molar-refractivity contribution >= 4 is 21.4 Å². The summed E-state index contributed by atoms with van der Waals surface area (Å²) in [6, 6.07) is 3.57. The van der Waals surface area contributed by atoms with E-state index in [0.717, 1.165) is 30.6 Å².